The Bertz CT molecular complexity index is 1230. The lowest BCUT2D eigenvalue weighted by molar-refractivity contribution is -0.117. The van der Waals surface area contributed by atoms with Crippen molar-refractivity contribution in [3.63, 3.8) is 0 Å². The summed E-state index contributed by atoms with van der Waals surface area (Å²) in [4.78, 5) is 23.5. The van der Waals surface area contributed by atoms with E-state index in [1.807, 2.05) is 31.2 Å². The van der Waals surface area contributed by atoms with Gasteiger partial charge in [0.15, 0.2) is 0 Å². The lowest BCUT2D eigenvalue weighted by Crippen LogP contribution is -2.14. The molecule has 3 N–H and O–H groups in total. The SMILES string of the molecule is Cc1ccccc1-c1nnc(-c2ccc(C(=O)Nc3ccc(CC(N)=O)cc3)cc2)o1. The Kier molecular flexibility index (Phi) is 5.57. The number of rotatable bonds is 6. The molecule has 2 amide bonds. The number of hydrogen-bond acceptors (Lipinski definition) is 5. The van der Waals surface area contributed by atoms with Crippen molar-refractivity contribution in [1.82, 2.24) is 10.2 Å². The number of aromatic nitrogens is 2. The van der Waals surface area contributed by atoms with Gasteiger partial charge in [-0.15, -0.1) is 10.2 Å². The van der Waals surface area contributed by atoms with Crippen LogP contribution in [0.25, 0.3) is 22.9 Å². The van der Waals surface area contributed by atoms with E-state index in [-0.39, 0.29) is 12.3 Å². The van der Waals surface area contributed by atoms with Gasteiger partial charge in [0, 0.05) is 22.4 Å². The Labute approximate surface area is 178 Å². The summed E-state index contributed by atoms with van der Waals surface area (Å²) in [5.74, 6) is 0.189. The van der Waals surface area contributed by atoms with Gasteiger partial charge >= 0.3 is 0 Å². The fourth-order valence-electron chi connectivity index (χ4n) is 3.14. The van der Waals surface area contributed by atoms with Crippen LogP contribution in [0.4, 0.5) is 5.69 Å². The van der Waals surface area contributed by atoms with Crippen molar-refractivity contribution < 1.29 is 14.0 Å². The molecule has 0 bridgehead atoms. The first-order valence-electron chi connectivity index (χ1n) is 9.68. The van der Waals surface area contributed by atoms with Crippen LogP contribution in [0, 0.1) is 6.92 Å². The number of carbonyl (C=O) groups excluding carboxylic acids is 2. The maximum Gasteiger partial charge on any atom is 0.255 e. The molecule has 4 aromatic rings. The second-order valence-corrected chi connectivity index (χ2v) is 7.10. The third-order valence-electron chi connectivity index (χ3n) is 4.78. The fourth-order valence-corrected chi connectivity index (χ4v) is 3.14. The Morgan fingerprint density at radius 2 is 1.58 bits per heavy atom. The van der Waals surface area contributed by atoms with E-state index in [1.165, 1.54) is 0 Å². The largest absolute Gasteiger partial charge is 0.416 e. The summed E-state index contributed by atoms with van der Waals surface area (Å²) in [6.07, 6.45) is 0.164. The molecule has 3 aromatic carbocycles. The van der Waals surface area contributed by atoms with E-state index >= 15 is 0 Å². The summed E-state index contributed by atoms with van der Waals surface area (Å²) in [7, 11) is 0. The van der Waals surface area contributed by atoms with Crippen LogP contribution in [0.5, 0.6) is 0 Å². The highest BCUT2D eigenvalue weighted by molar-refractivity contribution is 6.04. The zero-order valence-electron chi connectivity index (χ0n) is 16.8. The molecule has 1 aromatic heterocycles. The van der Waals surface area contributed by atoms with E-state index in [4.69, 9.17) is 10.2 Å². The maximum absolute atomic E-state index is 12.5. The van der Waals surface area contributed by atoms with E-state index in [2.05, 4.69) is 15.5 Å². The fraction of sp³-hybridized carbons (Fsp3) is 0.0833. The van der Waals surface area contributed by atoms with Gasteiger partial charge in [0.2, 0.25) is 17.7 Å². The zero-order chi connectivity index (χ0) is 21.8. The summed E-state index contributed by atoms with van der Waals surface area (Å²) in [6, 6.07) is 21.7. The molecular weight excluding hydrogens is 392 g/mol. The Morgan fingerprint density at radius 1 is 0.903 bits per heavy atom. The lowest BCUT2D eigenvalue weighted by atomic mass is 10.1. The van der Waals surface area contributed by atoms with Gasteiger partial charge in [-0.1, -0.05) is 30.3 Å². The second kappa shape index (κ2) is 8.62. The van der Waals surface area contributed by atoms with Gasteiger partial charge in [0.25, 0.3) is 5.91 Å². The van der Waals surface area contributed by atoms with Crippen molar-refractivity contribution in [2.24, 2.45) is 5.73 Å². The topological polar surface area (TPSA) is 111 Å². The highest BCUT2D eigenvalue weighted by Crippen LogP contribution is 2.26. The number of anilines is 1. The number of carbonyl (C=O) groups is 2. The number of aryl methyl sites for hydroxylation is 1. The molecule has 154 valence electrons. The van der Waals surface area contributed by atoms with Crippen molar-refractivity contribution in [2.75, 3.05) is 5.32 Å². The Balaban J connectivity index is 1.45. The lowest BCUT2D eigenvalue weighted by Gasteiger charge is -2.06. The number of hydrogen-bond donors (Lipinski definition) is 2. The Morgan fingerprint density at radius 3 is 2.26 bits per heavy atom. The molecule has 0 aliphatic rings. The van der Waals surface area contributed by atoms with Crippen LogP contribution >= 0.6 is 0 Å². The smallest absolute Gasteiger partial charge is 0.255 e. The molecule has 0 aliphatic heterocycles. The van der Waals surface area contributed by atoms with Crippen LogP contribution < -0.4 is 11.1 Å². The molecule has 0 spiro atoms. The Hall–Kier alpha value is -4.26. The van der Waals surface area contributed by atoms with E-state index in [1.54, 1.807) is 48.5 Å². The third-order valence-corrected chi connectivity index (χ3v) is 4.78. The molecule has 7 heteroatoms. The van der Waals surface area contributed by atoms with Crippen molar-refractivity contribution >= 4 is 17.5 Å². The normalized spacial score (nSPS) is 10.6. The molecule has 0 atom stereocenters. The predicted molar refractivity (Wildman–Crippen MR) is 117 cm³/mol. The van der Waals surface area contributed by atoms with Crippen molar-refractivity contribution in [1.29, 1.82) is 0 Å². The van der Waals surface area contributed by atoms with E-state index < -0.39 is 5.91 Å². The number of benzene rings is 3. The molecule has 1 heterocycles. The van der Waals surface area contributed by atoms with Crippen molar-refractivity contribution in [2.45, 2.75) is 13.3 Å². The molecule has 0 aliphatic carbocycles. The number of amides is 2. The molecule has 0 fully saturated rings. The van der Waals surface area contributed by atoms with Gasteiger partial charge in [0.1, 0.15) is 0 Å². The third kappa shape index (κ3) is 4.67. The van der Waals surface area contributed by atoms with E-state index in [0.29, 0.717) is 23.0 Å². The zero-order valence-corrected chi connectivity index (χ0v) is 16.8. The molecule has 0 saturated carbocycles. The van der Waals surface area contributed by atoms with Crippen LogP contribution in [-0.4, -0.2) is 22.0 Å². The number of nitrogens with two attached hydrogens (primary N) is 1. The standard InChI is InChI=1S/C24H20N4O3/c1-15-4-2-3-5-20(15)24-28-27-23(31-24)18-10-8-17(9-11-18)22(30)26-19-12-6-16(7-13-19)14-21(25)29/h2-13H,14H2,1H3,(H2,25,29)(H,26,30). The second-order valence-electron chi connectivity index (χ2n) is 7.10. The highest BCUT2D eigenvalue weighted by atomic mass is 16.4. The molecule has 0 saturated heterocycles. The first kappa shape index (κ1) is 20.0. The number of nitrogens with one attached hydrogen (secondary N) is 1. The summed E-state index contributed by atoms with van der Waals surface area (Å²) < 4.78 is 5.82. The minimum Gasteiger partial charge on any atom is -0.416 e. The first-order valence-corrected chi connectivity index (χ1v) is 9.68. The van der Waals surface area contributed by atoms with Crippen LogP contribution in [0.3, 0.4) is 0 Å². The first-order chi connectivity index (χ1) is 15.0. The van der Waals surface area contributed by atoms with E-state index in [0.717, 1.165) is 22.3 Å². The summed E-state index contributed by atoms with van der Waals surface area (Å²) in [6.45, 7) is 1.98. The number of nitrogens with zero attached hydrogens (tertiary/aromatic N) is 2. The highest BCUT2D eigenvalue weighted by Gasteiger charge is 2.13. The van der Waals surface area contributed by atoms with Gasteiger partial charge in [-0.05, 0) is 60.5 Å². The van der Waals surface area contributed by atoms with Crippen LogP contribution in [-0.2, 0) is 11.2 Å². The maximum atomic E-state index is 12.5. The van der Waals surface area contributed by atoms with Gasteiger partial charge in [-0.2, -0.15) is 0 Å². The minimum atomic E-state index is -0.399. The monoisotopic (exact) mass is 412 g/mol. The van der Waals surface area contributed by atoms with Crippen molar-refractivity contribution in [3.8, 4) is 22.9 Å². The minimum absolute atomic E-state index is 0.164. The quantitative estimate of drug-likeness (QED) is 0.497. The van der Waals surface area contributed by atoms with Crippen LogP contribution in [0.1, 0.15) is 21.5 Å². The van der Waals surface area contributed by atoms with Gasteiger partial charge in [0.05, 0.1) is 6.42 Å². The van der Waals surface area contributed by atoms with E-state index in [9.17, 15) is 9.59 Å². The summed E-state index contributed by atoms with van der Waals surface area (Å²) >= 11 is 0. The molecule has 0 unspecified atom stereocenters. The molecular formula is C24H20N4O3. The molecule has 31 heavy (non-hydrogen) atoms. The summed E-state index contributed by atoms with van der Waals surface area (Å²) in [5, 5.41) is 11.1. The van der Waals surface area contributed by atoms with Crippen LogP contribution in [0.15, 0.2) is 77.2 Å². The molecule has 4 rings (SSSR count). The predicted octanol–water partition coefficient (Wildman–Crippen LogP) is 3.99. The summed E-state index contributed by atoms with van der Waals surface area (Å²) in [5.41, 5.74) is 9.75. The molecule has 0 radical (unpaired) electrons. The van der Waals surface area contributed by atoms with Gasteiger partial charge in [-0.25, -0.2) is 0 Å². The van der Waals surface area contributed by atoms with Gasteiger partial charge in [-0.3, -0.25) is 9.59 Å². The average molecular weight is 412 g/mol. The molecule has 7 nitrogen and oxygen atoms in total. The average Bonchev–Trinajstić information content (AvgIpc) is 3.25. The van der Waals surface area contributed by atoms with Gasteiger partial charge < -0.3 is 15.5 Å². The van der Waals surface area contributed by atoms with Crippen LogP contribution in [0.2, 0.25) is 0 Å². The van der Waals surface area contributed by atoms with Crippen molar-refractivity contribution in [3.05, 3.63) is 89.5 Å². The number of primary amides is 1.